The largest absolute Gasteiger partial charge is 0.493 e. The first-order valence-electron chi connectivity index (χ1n) is 7.26. The number of methoxy groups -OCH3 is 2. The quantitative estimate of drug-likeness (QED) is 0.787. The number of hydrogen-bond acceptors (Lipinski definition) is 4. The van der Waals surface area contributed by atoms with E-state index in [4.69, 9.17) is 25.8 Å². The molecule has 0 saturated heterocycles. The minimum absolute atomic E-state index is 0.0153. The summed E-state index contributed by atoms with van der Waals surface area (Å²) in [5, 5.41) is 2.71. The number of alkyl halides is 3. The van der Waals surface area contributed by atoms with E-state index in [0.29, 0.717) is 11.5 Å². The molecular formula is C17H15ClF3NO4. The third-order valence-electron chi connectivity index (χ3n) is 3.23. The average molecular weight is 390 g/mol. The van der Waals surface area contributed by atoms with Crippen LogP contribution >= 0.6 is 11.6 Å². The molecule has 0 heterocycles. The number of amides is 1. The normalized spacial score (nSPS) is 11.0. The summed E-state index contributed by atoms with van der Waals surface area (Å²) in [6, 6.07) is 8.36. The van der Waals surface area contributed by atoms with Gasteiger partial charge in [-0.25, -0.2) is 0 Å². The summed E-state index contributed by atoms with van der Waals surface area (Å²) in [6.45, 7) is -1.49. The lowest BCUT2D eigenvalue weighted by molar-refractivity contribution is -0.153. The van der Waals surface area contributed by atoms with Gasteiger partial charge in [0.15, 0.2) is 18.1 Å². The van der Waals surface area contributed by atoms with Gasteiger partial charge in [-0.3, -0.25) is 4.79 Å². The maximum absolute atomic E-state index is 12.4. The molecular weight excluding hydrogens is 375 g/mol. The Labute approximate surface area is 152 Å². The van der Waals surface area contributed by atoms with Gasteiger partial charge in [0.25, 0.3) is 5.91 Å². The topological polar surface area (TPSA) is 56.8 Å². The number of rotatable bonds is 6. The second-order valence-electron chi connectivity index (χ2n) is 5.07. The first-order valence-corrected chi connectivity index (χ1v) is 7.64. The van der Waals surface area contributed by atoms with Crippen molar-refractivity contribution in [2.24, 2.45) is 0 Å². The molecule has 2 aromatic carbocycles. The van der Waals surface area contributed by atoms with Gasteiger partial charge in [0, 0.05) is 10.6 Å². The van der Waals surface area contributed by atoms with Crippen molar-refractivity contribution >= 4 is 23.2 Å². The van der Waals surface area contributed by atoms with Gasteiger partial charge in [-0.1, -0.05) is 11.6 Å². The van der Waals surface area contributed by atoms with E-state index in [0.717, 1.165) is 0 Å². The molecule has 0 unspecified atom stereocenters. The monoisotopic (exact) mass is 389 g/mol. The Bertz CT molecular complexity index is 796. The van der Waals surface area contributed by atoms with E-state index >= 15 is 0 Å². The summed E-state index contributed by atoms with van der Waals surface area (Å²) < 4.78 is 52.1. The summed E-state index contributed by atoms with van der Waals surface area (Å²) in [6.07, 6.45) is -4.51. The average Bonchev–Trinajstić information content (AvgIpc) is 2.59. The summed E-state index contributed by atoms with van der Waals surface area (Å²) in [5.74, 6) is 0.0337. The van der Waals surface area contributed by atoms with E-state index in [1.54, 1.807) is 0 Å². The van der Waals surface area contributed by atoms with Crippen molar-refractivity contribution in [2.45, 2.75) is 6.18 Å². The number of nitrogens with one attached hydrogen (secondary N) is 1. The van der Waals surface area contributed by atoms with Gasteiger partial charge < -0.3 is 19.5 Å². The Balaban J connectivity index is 2.24. The number of anilines is 1. The molecule has 26 heavy (non-hydrogen) atoms. The van der Waals surface area contributed by atoms with Crippen LogP contribution in [0.1, 0.15) is 10.4 Å². The molecule has 0 radical (unpaired) electrons. The lowest BCUT2D eigenvalue weighted by atomic mass is 10.1. The van der Waals surface area contributed by atoms with Crippen LogP contribution in [0.4, 0.5) is 18.9 Å². The Morgan fingerprint density at radius 2 is 1.69 bits per heavy atom. The van der Waals surface area contributed by atoms with E-state index in [1.165, 1.54) is 50.6 Å². The van der Waals surface area contributed by atoms with Crippen molar-refractivity contribution in [2.75, 3.05) is 26.1 Å². The van der Waals surface area contributed by atoms with E-state index < -0.39 is 18.7 Å². The number of hydrogen-bond donors (Lipinski definition) is 1. The first kappa shape index (κ1) is 19.7. The molecule has 0 aliphatic heterocycles. The van der Waals surface area contributed by atoms with E-state index in [2.05, 4.69) is 5.32 Å². The van der Waals surface area contributed by atoms with E-state index in [1.807, 2.05) is 0 Å². The predicted octanol–water partition coefficient (Wildman–Crippen LogP) is 4.55. The molecule has 2 aromatic rings. The fourth-order valence-corrected chi connectivity index (χ4v) is 2.23. The predicted molar refractivity (Wildman–Crippen MR) is 90.5 cm³/mol. The van der Waals surface area contributed by atoms with Crippen LogP contribution in [-0.4, -0.2) is 32.9 Å². The van der Waals surface area contributed by atoms with Gasteiger partial charge in [-0.15, -0.1) is 0 Å². The minimum Gasteiger partial charge on any atom is -0.493 e. The Morgan fingerprint density at radius 1 is 1.04 bits per heavy atom. The van der Waals surface area contributed by atoms with Gasteiger partial charge in [-0.2, -0.15) is 13.2 Å². The van der Waals surface area contributed by atoms with Crippen molar-refractivity contribution in [3.63, 3.8) is 0 Å². The zero-order chi connectivity index (χ0) is 19.3. The number of carbonyl (C=O) groups is 1. The van der Waals surface area contributed by atoms with Gasteiger partial charge in [0.05, 0.1) is 19.9 Å². The highest BCUT2D eigenvalue weighted by molar-refractivity contribution is 6.31. The molecule has 140 valence electrons. The molecule has 2 rings (SSSR count). The molecule has 5 nitrogen and oxygen atoms in total. The zero-order valence-electron chi connectivity index (χ0n) is 13.8. The SMILES string of the molecule is COc1ccc(C(=O)Nc2cc(Cl)ccc2OCC(F)(F)F)cc1OC. The van der Waals surface area contributed by atoms with Crippen LogP contribution in [0.2, 0.25) is 5.02 Å². The van der Waals surface area contributed by atoms with Crippen LogP contribution in [0, 0.1) is 0 Å². The molecule has 1 amide bonds. The highest BCUT2D eigenvalue weighted by Gasteiger charge is 2.29. The molecule has 9 heteroatoms. The highest BCUT2D eigenvalue weighted by Crippen LogP contribution is 2.31. The number of carbonyl (C=O) groups excluding carboxylic acids is 1. The molecule has 0 bridgehead atoms. The number of ether oxygens (including phenoxy) is 3. The van der Waals surface area contributed by atoms with Gasteiger partial charge in [0.2, 0.25) is 0 Å². The number of halogens is 4. The maximum Gasteiger partial charge on any atom is 0.422 e. The second-order valence-corrected chi connectivity index (χ2v) is 5.50. The molecule has 0 aromatic heterocycles. The molecule has 0 saturated carbocycles. The van der Waals surface area contributed by atoms with Crippen molar-refractivity contribution < 1.29 is 32.2 Å². The molecule has 1 N–H and O–H groups in total. The summed E-state index contributed by atoms with van der Waals surface area (Å²) in [7, 11) is 2.87. The van der Waals surface area contributed by atoms with Crippen LogP contribution in [0.15, 0.2) is 36.4 Å². The third-order valence-corrected chi connectivity index (χ3v) is 3.46. The lowest BCUT2D eigenvalue weighted by Gasteiger charge is -2.15. The number of benzene rings is 2. The molecule has 0 spiro atoms. The molecule has 0 aliphatic carbocycles. The van der Waals surface area contributed by atoms with Crippen LogP contribution in [0.5, 0.6) is 17.2 Å². The summed E-state index contributed by atoms with van der Waals surface area (Å²) in [4.78, 5) is 12.4. The fraction of sp³-hybridized carbons (Fsp3) is 0.235. The molecule has 0 aliphatic rings. The van der Waals surface area contributed by atoms with Crippen LogP contribution in [-0.2, 0) is 0 Å². The fourth-order valence-electron chi connectivity index (χ4n) is 2.06. The standard InChI is InChI=1S/C17H15ClF3NO4/c1-24-14-5-3-10(7-15(14)25-2)16(23)22-12-8-11(18)4-6-13(12)26-9-17(19,20)21/h3-8H,9H2,1-2H3,(H,22,23). The Morgan fingerprint density at radius 3 is 2.31 bits per heavy atom. The lowest BCUT2D eigenvalue weighted by Crippen LogP contribution is -2.20. The molecule has 0 fully saturated rings. The van der Waals surface area contributed by atoms with Crippen molar-refractivity contribution in [1.29, 1.82) is 0 Å². The Kier molecular flexibility index (Phi) is 6.20. The maximum atomic E-state index is 12.4. The summed E-state index contributed by atoms with van der Waals surface area (Å²) in [5.41, 5.74) is 0.228. The van der Waals surface area contributed by atoms with Crippen LogP contribution in [0.3, 0.4) is 0 Å². The van der Waals surface area contributed by atoms with E-state index in [9.17, 15) is 18.0 Å². The van der Waals surface area contributed by atoms with Crippen LogP contribution in [0.25, 0.3) is 0 Å². The highest BCUT2D eigenvalue weighted by atomic mass is 35.5. The van der Waals surface area contributed by atoms with Crippen LogP contribution < -0.4 is 19.5 Å². The Hall–Kier alpha value is -2.61. The molecule has 0 atom stereocenters. The van der Waals surface area contributed by atoms with E-state index in [-0.39, 0.29) is 22.0 Å². The smallest absolute Gasteiger partial charge is 0.422 e. The van der Waals surface area contributed by atoms with Gasteiger partial charge in [-0.05, 0) is 36.4 Å². The van der Waals surface area contributed by atoms with Gasteiger partial charge >= 0.3 is 6.18 Å². The van der Waals surface area contributed by atoms with Gasteiger partial charge in [0.1, 0.15) is 5.75 Å². The third kappa shape index (κ3) is 5.19. The summed E-state index contributed by atoms with van der Waals surface area (Å²) >= 11 is 5.86. The first-order chi connectivity index (χ1) is 12.2. The van der Waals surface area contributed by atoms with Crippen molar-refractivity contribution in [3.8, 4) is 17.2 Å². The van der Waals surface area contributed by atoms with Crippen molar-refractivity contribution in [1.82, 2.24) is 0 Å². The van der Waals surface area contributed by atoms with Crippen molar-refractivity contribution in [3.05, 3.63) is 47.0 Å². The zero-order valence-corrected chi connectivity index (χ0v) is 14.6. The second kappa shape index (κ2) is 8.18. The minimum atomic E-state index is -4.51.